The fourth-order valence-electron chi connectivity index (χ4n) is 1.67. The lowest BCUT2D eigenvalue weighted by Crippen LogP contribution is -2.35. The van der Waals surface area contributed by atoms with Crippen LogP contribution in [-0.4, -0.2) is 36.5 Å². The van der Waals surface area contributed by atoms with E-state index >= 15 is 0 Å². The van der Waals surface area contributed by atoms with E-state index in [0.717, 1.165) is 6.07 Å². The largest absolute Gasteiger partial charge is 0.467 e. The van der Waals surface area contributed by atoms with Crippen LogP contribution in [0.1, 0.15) is 11.4 Å². The zero-order chi connectivity index (χ0) is 19.5. The van der Waals surface area contributed by atoms with E-state index in [4.69, 9.17) is 16.3 Å². The van der Waals surface area contributed by atoms with Crippen molar-refractivity contribution in [3.63, 3.8) is 0 Å². The third kappa shape index (κ3) is 4.62. The van der Waals surface area contributed by atoms with Crippen LogP contribution in [0, 0.1) is 6.92 Å². The molecule has 0 unspecified atom stereocenters. The number of nitrogens with one attached hydrogen (secondary N) is 2. The lowest BCUT2D eigenvalue weighted by atomic mass is 10.3. The summed E-state index contributed by atoms with van der Waals surface area (Å²) in [7, 11) is -3.23. The fourth-order valence-corrected chi connectivity index (χ4v) is 4.02. The molecular formula is C12H10ClF2N5O4S2. The number of methoxy groups -OCH3 is 1. The molecule has 2 amide bonds. The van der Waals surface area contributed by atoms with Gasteiger partial charge in [-0.3, -0.25) is 5.32 Å². The Labute approximate surface area is 155 Å². The molecule has 0 spiro atoms. The summed E-state index contributed by atoms with van der Waals surface area (Å²) >= 11 is 5.48. The van der Waals surface area contributed by atoms with Crippen LogP contribution in [0.3, 0.4) is 0 Å². The van der Waals surface area contributed by atoms with Gasteiger partial charge in [0, 0.05) is 5.56 Å². The Kier molecular flexibility index (Phi) is 6.05. The second-order valence-electron chi connectivity index (χ2n) is 4.45. The Morgan fingerprint density at radius 2 is 2.00 bits per heavy atom. The van der Waals surface area contributed by atoms with Gasteiger partial charge in [0.2, 0.25) is 11.2 Å². The van der Waals surface area contributed by atoms with Crippen LogP contribution in [0.4, 0.5) is 19.5 Å². The quantitative estimate of drug-likeness (QED) is 0.754. The third-order valence-corrected chi connectivity index (χ3v) is 5.62. The predicted octanol–water partition coefficient (Wildman–Crippen LogP) is 2.56. The summed E-state index contributed by atoms with van der Waals surface area (Å²) < 4.78 is 56.7. The maximum Gasteiger partial charge on any atom is 0.335 e. The number of sulfonamides is 1. The Balaban J connectivity index is 2.23. The number of thiophene rings is 1. The molecule has 0 aromatic carbocycles. The summed E-state index contributed by atoms with van der Waals surface area (Å²) in [6.07, 6.45) is 0. The summed E-state index contributed by atoms with van der Waals surface area (Å²) in [6, 6.07) is -0.317. The van der Waals surface area contributed by atoms with E-state index in [1.165, 1.54) is 19.4 Å². The number of nitrogens with zero attached hydrogens (tertiary/aromatic N) is 3. The van der Waals surface area contributed by atoms with Crippen molar-refractivity contribution in [2.24, 2.45) is 0 Å². The molecule has 2 aromatic heterocycles. The van der Waals surface area contributed by atoms with Crippen molar-refractivity contribution < 1.29 is 26.7 Å². The van der Waals surface area contributed by atoms with Gasteiger partial charge >= 0.3 is 12.0 Å². The predicted molar refractivity (Wildman–Crippen MR) is 89.8 cm³/mol. The van der Waals surface area contributed by atoms with Crippen molar-refractivity contribution in [2.45, 2.75) is 11.1 Å². The number of anilines is 1. The van der Waals surface area contributed by atoms with Crippen LogP contribution in [-0.2, 0) is 10.0 Å². The van der Waals surface area contributed by atoms with Gasteiger partial charge < -0.3 is 4.74 Å². The standard InChI is InChI=1S/C12H10ClF2N5O4S2/c1-5-16-10(19-12(17-5)24-2)18-11(21)20-26(22,23)9-6(3-4-25-9)7(14)8(13)15/h3-4H,1-2H3,(H2,16,17,18,19,20,21). The Morgan fingerprint density at radius 3 is 2.62 bits per heavy atom. The first-order valence-corrected chi connectivity index (χ1v) is 9.27. The molecule has 0 radical (unpaired) electrons. The number of halogens is 3. The maximum absolute atomic E-state index is 13.6. The van der Waals surface area contributed by atoms with E-state index in [-0.39, 0.29) is 17.8 Å². The molecule has 9 nitrogen and oxygen atoms in total. The maximum atomic E-state index is 13.6. The number of ether oxygens (including phenoxy) is 1. The van der Waals surface area contributed by atoms with Crippen molar-refractivity contribution in [1.29, 1.82) is 0 Å². The molecule has 2 aromatic rings. The topological polar surface area (TPSA) is 123 Å². The van der Waals surface area contributed by atoms with Gasteiger partial charge in [0.15, 0.2) is 10.0 Å². The zero-order valence-corrected chi connectivity index (χ0v) is 15.5. The first-order valence-electron chi connectivity index (χ1n) is 6.53. The summed E-state index contributed by atoms with van der Waals surface area (Å²) in [5.74, 6) is -1.63. The van der Waals surface area contributed by atoms with Gasteiger partial charge in [-0.05, 0) is 30.0 Å². The summed E-state index contributed by atoms with van der Waals surface area (Å²) in [4.78, 5) is 23.2. The lowest BCUT2D eigenvalue weighted by molar-refractivity contribution is 0.256. The second-order valence-corrected chi connectivity index (χ2v) is 7.57. The number of amides is 2. The Morgan fingerprint density at radius 1 is 1.31 bits per heavy atom. The van der Waals surface area contributed by atoms with Gasteiger partial charge in [-0.1, -0.05) is 0 Å². The highest BCUT2D eigenvalue weighted by atomic mass is 35.5. The van der Waals surface area contributed by atoms with E-state index in [1.807, 2.05) is 0 Å². The molecule has 2 heterocycles. The molecule has 2 rings (SSSR count). The van der Waals surface area contributed by atoms with Gasteiger partial charge in [-0.15, -0.1) is 11.3 Å². The van der Waals surface area contributed by atoms with E-state index in [9.17, 15) is 22.0 Å². The summed E-state index contributed by atoms with van der Waals surface area (Å²) in [5.41, 5.74) is -0.611. The van der Waals surface area contributed by atoms with E-state index < -0.39 is 36.9 Å². The molecule has 26 heavy (non-hydrogen) atoms. The summed E-state index contributed by atoms with van der Waals surface area (Å²) in [6.45, 7) is 1.50. The van der Waals surface area contributed by atoms with Gasteiger partial charge in [0.25, 0.3) is 10.0 Å². The zero-order valence-electron chi connectivity index (χ0n) is 13.1. The molecule has 0 saturated heterocycles. The fraction of sp³-hybridized carbons (Fsp3) is 0.167. The molecule has 0 aliphatic rings. The van der Waals surface area contributed by atoms with E-state index in [1.54, 1.807) is 4.72 Å². The van der Waals surface area contributed by atoms with Crippen molar-refractivity contribution in [3.05, 3.63) is 28.1 Å². The number of hydrogen-bond donors (Lipinski definition) is 2. The summed E-state index contributed by atoms with van der Waals surface area (Å²) in [5, 5.41) is 1.56. The average Bonchev–Trinajstić information content (AvgIpc) is 3.03. The lowest BCUT2D eigenvalue weighted by Gasteiger charge is -2.08. The average molecular weight is 426 g/mol. The number of urea groups is 1. The van der Waals surface area contributed by atoms with Crippen molar-refractivity contribution in [3.8, 4) is 6.01 Å². The third-order valence-electron chi connectivity index (χ3n) is 2.64. The molecule has 0 aliphatic carbocycles. The number of hydrogen-bond acceptors (Lipinski definition) is 8. The van der Waals surface area contributed by atoms with Crippen LogP contribution < -0.4 is 14.8 Å². The Hall–Kier alpha value is -2.38. The molecule has 2 N–H and O–H groups in total. The van der Waals surface area contributed by atoms with Gasteiger partial charge in [-0.25, -0.2) is 22.3 Å². The van der Waals surface area contributed by atoms with Crippen molar-refractivity contribution in [1.82, 2.24) is 19.7 Å². The molecule has 140 valence electrons. The minimum atomic E-state index is -4.52. The molecule has 14 heteroatoms. The normalized spacial score (nSPS) is 12.3. The SMILES string of the molecule is COc1nc(C)nc(NC(=O)NS(=O)(=O)c2sccc2C(F)=C(F)Cl)n1. The van der Waals surface area contributed by atoms with Crippen LogP contribution in [0.15, 0.2) is 20.9 Å². The number of rotatable bonds is 5. The smallest absolute Gasteiger partial charge is 0.335 e. The highest BCUT2D eigenvalue weighted by Crippen LogP contribution is 2.32. The first-order chi connectivity index (χ1) is 12.1. The number of aromatic nitrogens is 3. The highest BCUT2D eigenvalue weighted by molar-refractivity contribution is 7.92. The van der Waals surface area contributed by atoms with Gasteiger partial charge in [0.1, 0.15) is 5.82 Å². The van der Waals surface area contributed by atoms with Gasteiger partial charge in [0.05, 0.1) is 7.11 Å². The minimum Gasteiger partial charge on any atom is -0.467 e. The van der Waals surface area contributed by atoms with E-state index in [2.05, 4.69) is 20.3 Å². The van der Waals surface area contributed by atoms with Crippen LogP contribution in [0.25, 0.3) is 5.83 Å². The second kappa shape index (κ2) is 7.88. The number of carbonyl (C=O) groups is 1. The highest BCUT2D eigenvalue weighted by Gasteiger charge is 2.26. The van der Waals surface area contributed by atoms with Crippen molar-refractivity contribution in [2.75, 3.05) is 12.4 Å². The molecule has 0 fully saturated rings. The monoisotopic (exact) mass is 425 g/mol. The van der Waals surface area contributed by atoms with Crippen LogP contribution >= 0.6 is 22.9 Å². The molecule has 0 saturated carbocycles. The van der Waals surface area contributed by atoms with Crippen LogP contribution in [0.2, 0.25) is 0 Å². The number of carbonyl (C=O) groups excluding carboxylic acids is 1. The minimum absolute atomic E-state index is 0.0963. The molecule has 0 aliphatic heterocycles. The van der Waals surface area contributed by atoms with Crippen LogP contribution in [0.5, 0.6) is 6.01 Å². The first kappa shape index (κ1) is 19.9. The number of aryl methyl sites for hydroxylation is 1. The molecular weight excluding hydrogens is 416 g/mol. The molecule has 0 bridgehead atoms. The van der Waals surface area contributed by atoms with Gasteiger partial charge in [-0.2, -0.15) is 19.3 Å². The Bertz CT molecular complexity index is 976. The van der Waals surface area contributed by atoms with E-state index in [0.29, 0.717) is 11.3 Å². The van der Waals surface area contributed by atoms with Crippen molar-refractivity contribution >= 4 is 50.8 Å². The molecule has 0 atom stereocenters.